The molecule has 0 aliphatic rings. The second-order valence-electron chi connectivity index (χ2n) is 18.9. The zero-order valence-electron chi connectivity index (χ0n) is 39.9. The van der Waals surface area contributed by atoms with E-state index in [0.717, 1.165) is 0 Å². The van der Waals surface area contributed by atoms with Crippen LogP contribution in [0.25, 0.3) is 0 Å². The van der Waals surface area contributed by atoms with Crippen molar-refractivity contribution in [3.05, 3.63) is 0 Å². The van der Waals surface area contributed by atoms with Gasteiger partial charge in [-0.1, -0.05) is 290 Å². The van der Waals surface area contributed by atoms with E-state index in [0.29, 0.717) is 0 Å². The van der Waals surface area contributed by atoms with Crippen molar-refractivity contribution in [3.8, 4) is 0 Å². The van der Waals surface area contributed by atoms with E-state index in [4.69, 9.17) is 0 Å². The molecule has 0 aliphatic heterocycles. The van der Waals surface area contributed by atoms with Gasteiger partial charge in [0.1, 0.15) is 0 Å². The molecule has 0 heterocycles. The number of quaternary nitrogens is 1. The third kappa shape index (κ3) is 51.9. The van der Waals surface area contributed by atoms with Crippen molar-refractivity contribution in [1.29, 1.82) is 0 Å². The molecule has 0 aliphatic carbocycles. The lowest BCUT2D eigenvalue weighted by Gasteiger charge is -2.20. The van der Waals surface area contributed by atoms with E-state index in [1.54, 1.807) is 0 Å². The molecule has 0 saturated carbocycles. The molecule has 0 amide bonds. The summed E-state index contributed by atoms with van der Waals surface area (Å²) in [4.78, 5) is 1.96. The summed E-state index contributed by atoms with van der Waals surface area (Å²) in [6, 6.07) is 0. The number of rotatable bonds is 51. The van der Waals surface area contributed by atoms with E-state index < -0.39 is 0 Å². The number of hydrogen-bond donors (Lipinski definition) is 1. The Morgan fingerprint density at radius 3 is 0.393 bits per heavy atom. The molecular weight excluding hydrogens is 682 g/mol. The Hall–Kier alpha value is -0.110. The van der Waals surface area contributed by atoms with Crippen molar-refractivity contribution >= 4 is 0 Å². The zero-order valence-corrected chi connectivity index (χ0v) is 39.9. The smallest absolute Gasteiger partial charge is 0.0770 e. The van der Waals surface area contributed by atoms with Gasteiger partial charge in [0.25, 0.3) is 0 Å². The van der Waals surface area contributed by atoms with Crippen molar-refractivity contribution in [2.24, 2.45) is 0 Å². The maximum absolute atomic E-state index is 2.32. The lowest BCUT2D eigenvalue weighted by Crippen LogP contribution is -3.12. The predicted octanol–water partition coefficient (Wildman–Crippen LogP) is 15.7. The van der Waals surface area contributed by atoms with Gasteiger partial charge in [0, 0.05) is 0 Å². The average molecular weight is 794 g/mol. The molecule has 1 N–H and O–H groups in total. The van der Waals surface area contributed by atoms with Crippen LogP contribution in [0.3, 0.4) is 0 Å². The molecule has 0 aromatic carbocycles. The van der Waals surface area contributed by atoms with Crippen LogP contribution in [0.5, 0.6) is 0 Å². The minimum atomic E-state index is 0. The maximum atomic E-state index is 2.32. The van der Waals surface area contributed by atoms with E-state index in [2.05, 4.69) is 20.8 Å². The Kier molecular flexibility index (Phi) is 56.8. The minimum absolute atomic E-state index is 0. The fourth-order valence-electron chi connectivity index (χ4n) is 9.14. The summed E-state index contributed by atoms with van der Waals surface area (Å²) >= 11 is 0. The highest BCUT2D eigenvalue weighted by Crippen LogP contribution is 2.16. The Morgan fingerprint density at radius 1 is 0.161 bits per heavy atom. The largest absolute Gasteiger partial charge is 1.00 e. The van der Waals surface area contributed by atoms with Crippen LogP contribution in [0, 0.1) is 0 Å². The van der Waals surface area contributed by atoms with Crippen LogP contribution < -0.4 is 9.60 Å². The predicted molar refractivity (Wildman–Crippen MR) is 254 cm³/mol. The van der Waals surface area contributed by atoms with Gasteiger partial charge in [-0.05, 0) is 38.5 Å². The molecule has 1 nitrogen and oxygen atoms in total. The molecule has 0 atom stereocenters. The molecule has 0 fully saturated rings. The minimum Gasteiger partial charge on any atom is -1.00 e. The molecule has 2 heteroatoms. The Balaban J connectivity index is 0. The topological polar surface area (TPSA) is 4.44 Å². The van der Waals surface area contributed by atoms with E-state index in [1.165, 1.54) is 328 Å². The lowest BCUT2D eigenvalue weighted by molar-refractivity contribution is -0.900. The quantitative estimate of drug-likeness (QED) is 0.0585. The van der Waals surface area contributed by atoms with Crippen molar-refractivity contribution in [1.82, 2.24) is 0 Å². The van der Waals surface area contributed by atoms with Gasteiger partial charge in [-0.25, -0.2) is 0 Å². The maximum Gasteiger partial charge on any atom is 0.0770 e. The van der Waals surface area contributed by atoms with E-state index in [-0.39, 0.29) is 4.70 Å². The second-order valence-corrected chi connectivity index (χ2v) is 18.9. The fourth-order valence-corrected chi connectivity index (χ4v) is 9.14. The van der Waals surface area contributed by atoms with Gasteiger partial charge in [-0.2, -0.15) is 0 Å². The Bertz CT molecular complexity index is 550. The molecule has 0 aromatic rings. The van der Waals surface area contributed by atoms with Gasteiger partial charge in [0.15, 0.2) is 0 Å². The van der Waals surface area contributed by atoms with Gasteiger partial charge in [-0.3, -0.25) is 0 Å². The molecule has 56 heavy (non-hydrogen) atoms. The highest BCUT2D eigenvalue weighted by molar-refractivity contribution is 4.54. The highest BCUT2D eigenvalue weighted by Gasteiger charge is 2.08. The van der Waals surface area contributed by atoms with Gasteiger partial charge >= 0.3 is 0 Å². The van der Waals surface area contributed by atoms with Crippen LogP contribution in [-0.2, 0) is 0 Å². The summed E-state index contributed by atoms with van der Waals surface area (Å²) in [5, 5.41) is 0. The van der Waals surface area contributed by atoms with Crippen LogP contribution in [-0.4, -0.2) is 19.6 Å². The molecule has 0 radical (unpaired) electrons. The van der Waals surface area contributed by atoms with Crippen LogP contribution in [0.4, 0.5) is 0 Å². The Labute approximate surface area is 357 Å². The fraction of sp³-hybridized carbons (Fsp3) is 1.00. The molecule has 0 saturated heterocycles. The molecule has 0 spiro atoms. The van der Waals surface area contributed by atoms with Crippen molar-refractivity contribution in [3.63, 3.8) is 0 Å². The molecule has 0 rings (SSSR count). The van der Waals surface area contributed by atoms with Gasteiger partial charge < -0.3 is 9.60 Å². The molecule has 0 aromatic heterocycles. The van der Waals surface area contributed by atoms with Crippen LogP contribution in [0.15, 0.2) is 0 Å². The van der Waals surface area contributed by atoms with Gasteiger partial charge in [-0.15, -0.1) is 0 Å². The van der Waals surface area contributed by atoms with E-state index >= 15 is 0 Å². The summed E-state index contributed by atoms with van der Waals surface area (Å²) in [7, 11) is 0. The normalized spacial score (nSPS) is 11.6. The van der Waals surface area contributed by atoms with E-state index in [1.807, 2.05) is 4.90 Å². The first-order valence-electron chi connectivity index (χ1n) is 27.2. The molecule has 340 valence electrons. The first-order valence-corrected chi connectivity index (χ1v) is 27.2. The number of unbranched alkanes of at least 4 members (excludes halogenated alkanes) is 45. The zero-order chi connectivity index (χ0) is 39.6. The second kappa shape index (κ2) is 54.9. The van der Waals surface area contributed by atoms with Gasteiger partial charge in [0.2, 0.25) is 0 Å². The summed E-state index contributed by atoms with van der Waals surface area (Å²) in [5.74, 6) is 0. The molecule has 0 bridgehead atoms. The summed E-state index contributed by atoms with van der Waals surface area (Å²) < 4.78 is 0. The van der Waals surface area contributed by atoms with Crippen LogP contribution in [0.2, 0.25) is 0 Å². The van der Waals surface area contributed by atoms with Crippen molar-refractivity contribution in [2.45, 2.75) is 329 Å². The summed E-state index contributed by atoms with van der Waals surface area (Å²) in [5.41, 5.74) is 0. The summed E-state index contributed by atoms with van der Waals surface area (Å²) in [6.45, 7) is 11.3. The van der Waals surface area contributed by atoms with E-state index in [9.17, 15) is 0 Å². The number of hydrogen-bond acceptors (Lipinski definition) is 0. The Morgan fingerprint density at radius 2 is 0.268 bits per heavy atom. The van der Waals surface area contributed by atoms with Crippen molar-refractivity contribution in [2.75, 3.05) is 19.6 Å². The number of nitrogens with one attached hydrogen (secondary N) is 1. The lowest BCUT2D eigenvalue weighted by atomic mass is 10.0. The van der Waals surface area contributed by atoms with Crippen molar-refractivity contribution < 1.29 is 9.60 Å². The third-order valence-corrected chi connectivity index (χ3v) is 13.2. The monoisotopic (exact) mass is 794 g/mol. The highest BCUT2D eigenvalue weighted by atomic mass is 19.0. The molecule has 0 unspecified atom stereocenters. The number of halogens is 1. The first-order chi connectivity index (χ1) is 27.3. The SMILES string of the molecule is CCCCCCCCCCCCCCCCCC[NH+](CCCCCCCCCCCCCCCCCC)CCCCCCCCCCCCCCCCCC.[F-]. The summed E-state index contributed by atoms with van der Waals surface area (Å²) in [6.07, 6.45) is 70.9. The first kappa shape index (κ1) is 58.0. The average Bonchev–Trinajstić information content (AvgIpc) is 3.20. The molecular formula is C54H112FN. The standard InChI is InChI=1S/C54H111N.FH/c1-4-7-10-13-16-19-22-25-28-31-34-37-40-43-46-49-52-55(53-50-47-44-41-38-35-32-29-26-23-20-17-14-11-8-5-2)54-51-48-45-42-39-36-33-30-27-24-21-18-15-12-9-6-3;/h4-54H2,1-3H3;1H. The van der Waals surface area contributed by atoms with Gasteiger partial charge in [0.05, 0.1) is 19.6 Å². The van der Waals surface area contributed by atoms with Crippen LogP contribution in [0.1, 0.15) is 329 Å². The third-order valence-electron chi connectivity index (χ3n) is 13.2. The van der Waals surface area contributed by atoms with Crippen LogP contribution >= 0.6 is 0 Å².